The summed E-state index contributed by atoms with van der Waals surface area (Å²) >= 11 is 0. The largest absolute Gasteiger partial charge is 0.289 e. The molecule has 4 rings (SSSR count). The van der Waals surface area contributed by atoms with Gasteiger partial charge in [-0.2, -0.15) is 0 Å². The first-order chi connectivity index (χ1) is 10.3. The van der Waals surface area contributed by atoms with Crippen LogP contribution in [0.3, 0.4) is 0 Å². The molecule has 1 nitrogen and oxygen atoms in total. The van der Waals surface area contributed by atoms with Gasteiger partial charge >= 0.3 is 0 Å². The van der Waals surface area contributed by atoms with Gasteiger partial charge in [0, 0.05) is 11.1 Å². The highest BCUT2D eigenvalue weighted by molar-refractivity contribution is 6.15. The van der Waals surface area contributed by atoms with E-state index in [9.17, 15) is 4.79 Å². The Morgan fingerprint density at radius 3 is 2.14 bits per heavy atom. The van der Waals surface area contributed by atoms with Crippen molar-refractivity contribution in [2.45, 2.75) is 6.42 Å². The Balaban J connectivity index is 1.95. The van der Waals surface area contributed by atoms with E-state index in [2.05, 4.69) is 18.2 Å². The zero-order valence-electron chi connectivity index (χ0n) is 11.5. The molecule has 21 heavy (non-hydrogen) atoms. The molecule has 0 amide bonds. The summed E-state index contributed by atoms with van der Waals surface area (Å²) in [5.74, 6) is 0.145. The number of hydrogen-bond donors (Lipinski definition) is 0. The molecule has 0 saturated heterocycles. The zero-order valence-corrected chi connectivity index (χ0v) is 11.5. The molecular formula is C20H14O. The molecule has 0 heterocycles. The van der Waals surface area contributed by atoms with Gasteiger partial charge in [0.15, 0.2) is 5.78 Å². The van der Waals surface area contributed by atoms with Crippen LogP contribution in [0.5, 0.6) is 0 Å². The average Bonchev–Trinajstić information content (AvgIpc) is 2.55. The maximum absolute atomic E-state index is 12.9. The SMILES string of the molecule is O=C1c2ccccc2Cc2cccc(-c3ccccc3)c21. The molecule has 1 aliphatic rings. The Morgan fingerprint density at radius 2 is 1.29 bits per heavy atom. The van der Waals surface area contributed by atoms with Gasteiger partial charge in [-0.3, -0.25) is 4.79 Å². The summed E-state index contributed by atoms with van der Waals surface area (Å²) in [7, 11) is 0. The predicted molar refractivity (Wildman–Crippen MR) is 84.6 cm³/mol. The molecule has 0 aromatic heterocycles. The summed E-state index contributed by atoms with van der Waals surface area (Å²) in [4.78, 5) is 12.9. The molecule has 0 N–H and O–H groups in total. The maximum atomic E-state index is 12.9. The van der Waals surface area contributed by atoms with Crippen LogP contribution < -0.4 is 0 Å². The molecule has 0 aliphatic heterocycles. The average molecular weight is 270 g/mol. The zero-order chi connectivity index (χ0) is 14.2. The molecular weight excluding hydrogens is 256 g/mol. The third kappa shape index (κ3) is 1.90. The second-order valence-corrected chi connectivity index (χ2v) is 5.37. The van der Waals surface area contributed by atoms with Crippen molar-refractivity contribution in [2.24, 2.45) is 0 Å². The summed E-state index contributed by atoms with van der Waals surface area (Å²) in [5.41, 5.74) is 6.09. The van der Waals surface area contributed by atoms with E-state index in [4.69, 9.17) is 0 Å². The second kappa shape index (κ2) is 4.71. The summed E-state index contributed by atoms with van der Waals surface area (Å²) in [6.45, 7) is 0. The first-order valence-corrected chi connectivity index (χ1v) is 7.14. The predicted octanol–water partition coefficient (Wildman–Crippen LogP) is 4.49. The molecule has 3 aromatic rings. The first kappa shape index (κ1) is 12.1. The minimum atomic E-state index is 0.145. The van der Waals surface area contributed by atoms with Crippen molar-refractivity contribution in [3.05, 3.63) is 95.1 Å². The summed E-state index contributed by atoms with van der Waals surface area (Å²) in [5, 5.41) is 0. The van der Waals surface area contributed by atoms with E-state index in [1.807, 2.05) is 54.6 Å². The third-order valence-corrected chi connectivity index (χ3v) is 4.11. The lowest BCUT2D eigenvalue weighted by atomic mass is 9.81. The summed E-state index contributed by atoms with van der Waals surface area (Å²) in [6, 6.07) is 24.2. The van der Waals surface area contributed by atoms with E-state index in [0.717, 1.165) is 39.8 Å². The van der Waals surface area contributed by atoms with Crippen molar-refractivity contribution in [1.29, 1.82) is 0 Å². The number of hydrogen-bond acceptors (Lipinski definition) is 1. The molecule has 100 valence electrons. The number of benzene rings is 3. The van der Waals surface area contributed by atoms with Gasteiger partial charge in [0.1, 0.15) is 0 Å². The van der Waals surface area contributed by atoms with Crippen LogP contribution in [-0.2, 0) is 6.42 Å². The van der Waals surface area contributed by atoms with Gasteiger partial charge in [0.05, 0.1) is 0 Å². The van der Waals surface area contributed by atoms with Crippen LogP contribution in [0.2, 0.25) is 0 Å². The van der Waals surface area contributed by atoms with Gasteiger partial charge in [-0.1, -0.05) is 72.8 Å². The highest BCUT2D eigenvalue weighted by Gasteiger charge is 2.25. The van der Waals surface area contributed by atoms with Crippen LogP contribution in [0.1, 0.15) is 27.0 Å². The second-order valence-electron chi connectivity index (χ2n) is 5.37. The minimum Gasteiger partial charge on any atom is -0.289 e. The number of carbonyl (C=O) groups excluding carboxylic acids is 1. The number of carbonyl (C=O) groups is 1. The molecule has 0 atom stereocenters. The Bertz CT molecular complexity index is 831. The number of fused-ring (bicyclic) bond motifs is 2. The fourth-order valence-corrected chi connectivity index (χ4v) is 3.11. The van der Waals surface area contributed by atoms with Crippen molar-refractivity contribution >= 4 is 5.78 Å². The third-order valence-electron chi connectivity index (χ3n) is 4.11. The van der Waals surface area contributed by atoms with E-state index < -0.39 is 0 Å². The van der Waals surface area contributed by atoms with Crippen molar-refractivity contribution in [3.63, 3.8) is 0 Å². The van der Waals surface area contributed by atoms with E-state index >= 15 is 0 Å². The molecule has 3 aromatic carbocycles. The van der Waals surface area contributed by atoms with Gasteiger partial charge < -0.3 is 0 Å². The normalized spacial score (nSPS) is 12.7. The van der Waals surface area contributed by atoms with Crippen molar-refractivity contribution in [3.8, 4) is 11.1 Å². The quantitative estimate of drug-likeness (QED) is 0.498. The molecule has 0 bridgehead atoms. The van der Waals surface area contributed by atoms with Gasteiger partial charge in [-0.25, -0.2) is 0 Å². The van der Waals surface area contributed by atoms with Crippen molar-refractivity contribution < 1.29 is 4.79 Å². The molecule has 0 fully saturated rings. The lowest BCUT2D eigenvalue weighted by molar-refractivity contribution is 0.103. The van der Waals surface area contributed by atoms with E-state index in [1.165, 1.54) is 0 Å². The Hall–Kier alpha value is -2.67. The van der Waals surface area contributed by atoms with Crippen LogP contribution in [0.25, 0.3) is 11.1 Å². The first-order valence-electron chi connectivity index (χ1n) is 7.14. The Labute approximate surface area is 123 Å². The highest BCUT2D eigenvalue weighted by Crippen LogP contribution is 2.34. The van der Waals surface area contributed by atoms with Gasteiger partial charge in [-0.05, 0) is 28.7 Å². The smallest absolute Gasteiger partial charge is 0.194 e. The number of rotatable bonds is 1. The topological polar surface area (TPSA) is 17.1 Å². The molecule has 1 aliphatic carbocycles. The van der Waals surface area contributed by atoms with Crippen molar-refractivity contribution in [1.82, 2.24) is 0 Å². The van der Waals surface area contributed by atoms with Crippen LogP contribution in [-0.4, -0.2) is 5.78 Å². The van der Waals surface area contributed by atoms with E-state index in [-0.39, 0.29) is 5.78 Å². The fourth-order valence-electron chi connectivity index (χ4n) is 3.11. The molecule has 0 radical (unpaired) electrons. The summed E-state index contributed by atoms with van der Waals surface area (Å²) < 4.78 is 0. The lowest BCUT2D eigenvalue weighted by Crippen LogP contribution is -2.16. The van der Waals surface area contributed by atoms with Crippen LogP contribution in [0.4, 0.5) is 0 Å². The van der Waals surface area contributed by atoms with Crippen LogP contribution in [0, 0.1) is 0 Å². The monoisotopic (exact) mass is 270 g/mol. The molecule has 1 heteroatoms. The minimum absolute atomic E-state index is 0.145. The summed E-state index contributed by atoms with van der Waals surface area (Å²) in [6.07, 6.45) is 0.831. The van der Waals surface area contributed by atoms with Crippen molar-refractivity contribution in [2.75, 3.05) is 0 Å². The fraction of sp³-hybridized carbons (Fsp3) is 0.0500. The Morgan fingerprint density at radius 1 is 0.619 bits per heavy atom. The highest BCUT2D eigenvalue weighted by atomic mass is 16.1. The molecule has 0 spiro atoms. The molecule has 0 saturated carbocycles. The van der Waals surface area contributed by atoms with Gasteiger partial charge in [-0.15, -0.1) is 0 Å². The van der Waals surface area contributed by atoms with Crippen LogP contribution in [0.15, 0.2) is 72.8 Å². The van der Waals surface area contributed by atoms with E-state index in [1.54, 1.807) is 0 Å². The number of ketones is 1. The standard InChI is InChI=1S/C20H14O/c21-20-18-11-5-4-9-15(18)13-16-10-6-12-17(19(16)20)14-7-2-1-3-8-14/h1-12H,13H2. The maximum Gasteiger partial charge on any atom is 0.194 e. The lowest BCUT2D eigenvalue weighted by Gasteiger charge is -2.21. The van der Waals surface area contributed by atoms with E-state index in [0.29, 0.717) is 0 Å². The van der Waals surface area contributed by atoms with Gasteiger partial charge in [0.25, 0.3) is 0 Å². The Kier molecular flexibility index (Phi) is 2.71. The van der Waals surface area contributed by atoms with Crippen LogP contribution >= 0.6 is 0 Å². The molecule has 0 unspecified atom stereocenters. The van der Waals surface area contributed by atoms with Gasteiger partial charge in [0.2, 0.25) is 0 Å².